The van der Waals surface area contributed by atoms with Crippen LogP contribution in [0.3, 0.4) is 0 Å². The highest BCUT2D eigenvalue weighted by Gasteiger charge is 2.38. The van der Waals surface area contributed by atoms with Crippen molar-refractivity contribution in [1.29, 1.82) is 0 Å². The van der Waals surface area contributed by atoms with Gasteiger partial charge in [-0.15, -0.1) is 24.0 Å². The molecule has 4 aromatic rings. The molecule has 8 rings (SSSR count). The van der Waals surface area contributed by atoms with Gasteiger partial charge in [0.1, 0.15) is 5.76 Å². The third-order valence-electron chi connectivity index (χ3n) is 10.9. The highest BCUT2D eigenvalue weighted by atomic mass is 127. The zero-order valence-electron chi connectivity index (χ0n) is 28.9. The monoisotopic (exact) mass is 860 g/mol. The summed E-state index contributed by atoms with van der Waals surface area (Å²) in [5, 5.41) is 12.1. The second kappa shape index (κ2) is 17.0. The van der Waals surface area contributed by atoms with Crippen molar-refractivity contribution in [2.75, 3.05) is 0 Å². The van der Waals surface area contributed by atoms with Crippen molar-refractivity contribution in [2.24, 2.45) is 11.8 Å². The minimum absolute atomic E-state index is 0. The van der Waals surface area contributed by atoms with Gasteiger partial charge < -0.3 is 9.84 Å². The average Bonchev–Trinajstić information content (AvgIpc) is 3.18. The van der Waals surface area contributed by atoms with E-state index < -0.39 is 17.5 Å². The quantitative estimate of drug-likeness (QED) is 0.0950. The molecule has 0 amide bonds. The topological polar surface area (TPSA) is 97.7 Å². The Labute approximate surface area is 336 Å². The minimum Gasteiger partial charge on any atom is -0.507 e. The molecule has 1 N–H and O–H groups in total. The zero-order chi connectivity index (χ0) is 36.4. The number of aliphatic hydroxyl groups excluding tert-OH is 1. The number of ether oxygens (including phenoxy) is 1. The van der Waals surface area contributed by atoms with Crippen LogP contribution in [0.5, 0.6) is 0 Å². The van der Waals surface area contributed by atoms with Crippen LogP contribution in [0.1, 0.15) is 111 Å². The van der Waals surface area contributed by atoms with E-state index in [0.29, 0.717) is 39.7 Å². The first-order valence-corrected chi connectivity index (χ1v) is 18.6. The maximum absolute atomic E-state index is 12.6. The Hall–Kier alpha value is -4.05. The molecule has 0 unspecified atom stereocenters. The van der Waals surface area contributed by atoms with Gasteiger partial charge in [-0.05, 0) is 123 Å². The summed E-state index contributed by atoms with van der Waals surface area (Å²) in [5.41, 5.74) is 4.44. The maximum atomic E-state index is 12.6. The summed E-state index contributed by atoms with van der Waals surface area (Å²) in [4.78, 5) is 49.7. The Balaban J connectivity index is 0.000000178. The number of aliphatic hydroxyl groups is 1. The van der Waals surface area contributed by atoms with Crippen LogP contribution in [0.15, 0.2) is 114 Å². The Morgan fingerprint density at radius 1 is 0.528 bits per heavy atom. The van der Waals surface area contributed by atoms with Gasteiger partial charge >= 0.3 is 5.97 Å². The van der Waals surface area contributed by atoms with E-state index in [1.807, 2.05) is 30.3 Å². The molecule has 0 radical (unpaired) electrons. The summed E-state index contributed by atoms with van der Waals surface area (Å²) in [6.45, 7) is 0. The molecule has 1 heterocycles. The Morgan fingerprint density at radius 3 is 1.49 bits per heavy atom. The second-order valence-corrected chi connectivity index (χ2v) is 14.9. The molecule has 2 saturated carbocycles. The van der Waals surface area contributed by atoms with Gasteiger partial charge in [0.2, 0.25) is 17.3 Å². The van der Waals surface area contributed by atoms with Crippen molar-refractivity contribution in [3.8, 4) is 0 Å². The number of allylic oxidation sites excluding steroid dienone is 3. The number of benzene rings is 4. The van der Waals surface area contributed by atoms with Crippen molar-refractivity contribution in [1.82, 2.24) is 0 Å². The van der Waals surface area contributed by atoms with Crippen LogP contribution in [-0.4, -0.2) is 28.4 Å². The van der Waals surface area contributed by atoms with E-state index in [1.54, 1.807) is 48.5 Å². The fraction of sp³-hybridized carbons (Fsp3) is 0.273. The van der Waals surface area contributed by atoms with Crippen LogP contribution in [0.25, 0.3) is 5.76 Å². The maximum Gasteiger partial charge on any atom is 0.344 e. The molecule has 3 aliphatic carbocycles. The van der Waals surface area contributed by atoms with Crippen molar-refractivity contribution in [2.45, 2.75) is 63.2 Å². The van der Waals surface area contributed by atoms with E-state index in [9.17, 15) is 24.3 Å². The van der Waals surface area contributed by atoms with Crippen molar-refractivity contribution < 1.29 is 29.0 Å². The molecule has 4 aromatic carbocycles. The molecule has 2 fully saturated rings. The number of rotatable bonds is 4. The predicted molar refractivity (Wildman–Crippen MR) is 217 cm³/mol. The largest absolute Gasteiger partial charge is 0.507 e. The number of carbonyl (C=O) groups excluding carboxylic acids is 4. The molecule has 0 bridgehead atoms. The van der Waals surface area contributed by atoms with Gasteiger partial charge in [0.05, 0.1) is 5.56 Å². The van der Waals surface area contributed by atoms with Crippen LogP contribution in [0.4, 0.5) is 0 Å². The van der Waals surface area contributed by atoms with Gasteiger partial charge in [-0.25, -0.2) is 4.79 Å². The number of cyclic esters (lactones) is 1. The Bertz CT molecular complexity index is 2090. The zero-order valence-corrected chi connectivity index (χ0v) is 32.8. The first-order valence-electron chi connectivity index (χ1n) is 17.9. The molecule has 0 aromatic heterocycles. The summed E-state index contributed by atoms with van der Waals surface area (Å²) in [5.74, 6) is -0.381. The lowest BCUT2D eigenvalue weighted by molar-refractivity contribution is -0.112. The molecule has 4 aliphatic rings. The van der Waals surface area contributed by atoms with Crippen LogP contribution >= 0.6 is 47.2 Å². The van der Waals surface area contributed by atoms with Gasteiger partial charge in [-0.3, -0.25) is 14.4 Å². The summed E-state index contributed by atoms with van der Waals surface area (Å²) in [7, 11) is 0. The number of esters is 1. The number of fused-ring (bicyclic) bond motifs is 2. The molecule has 0 atom stereocenters. The van der Waals surface area contributed by atoms with Crippen molar-refractivity contribution in [3.05, 3.63) is 158 Å². The summed E-state index contributed by atoms with van der Waals surface area (Å²) >= 11 is 11.9. The second-order valence-electron chi connectivity index (χ2n) is 14.0. The Morgan fingerprint density at radius 2 is 0.962 bits per heavy atom. The van der Waals surface area contributed by atoms with Crippen LogP contribution < -0.4 is 0 Å². The minimum atomic E-state index is -0.545. The smallest absolute Gasteiger partial charge is 0.344 e. The molecule has 9 heteroatoms. The number of carbonyl (C=O) groups is 4. The molecule has 6 nitrogen and oxygen atoms in total. The average molecular weight is 862 g/mol. The SMILES string of the molecule is I.O=C1C(=O)c2ccccc2C(O)=C1C1CCC(c2ccc(Cl)cc2)CC1.O=C1O/C(=C\C2CCC(c3ccc(Cl)cc3)CC2)C(=O)c2ccccc21. The van der Waals surface area contributed by atoms with Crippen LogP contribution in [-0.2, 0) is 9.53 Å². The molecular formula is C44H39Cl2IO6. The number of Topliss-reactive ketones (excluding diaryl/α,β-unsaturated/α-hetero) is 3. The van der Waals surface area contributed by atoms with Gasteiger partial charge in [-0.2, -0.15) is 0 Å². The molecule has 1 aliphatic heterocycles. The summed E-state index contributed by atoms with van der Waals surface area (Å²) < 4.78 is 5.31. The van der Waals surface area contributed by atoms with E-state index >= 15 is 0 Å². The standard InChI is InChI=1S/2C22H19ClO3.HI/c23-17-11-9-16(10-12-17)15-7-5-14(6-8-15)13-20-21(24)18-3-1-2-4-19(18)22(25)26-20;23-16-11-9-14(10-12-16)13-5-7-15(8-6-13)19-20(24)17-3-1-2-4-18(17)21(25)22(19)26;/h1-4,9-15H,5-8H2;1-4,9-13,15,24H,5-8H2;1H/b20-13-;;. The summed E-state index contributed by atoms with van der Waals surface area (Å²) in [6, 6.07) is 29.5. The van der Waals surface area contributed by atoms with Crippen molar-refractivity contribution >= 4 is 76.3 Å². The number of ketones is 3. The first kappa shape index (κ1) is 38.7. The van der Waals surface area contributed by atoms with Gasteiger partial charge in [0, 0.05) is 32.3 Å². The van der Waals surface area contributed by atoms with E-state index in [1.165, 1.54) is 11.1 Å². The van der Waals surface area contributed by atoms with E-state index in [0.717, 1.165) is 61.4 Å². The normalized spacial score (nSPS) is 23.2. The number of hydrogen-bond donors (Lipinski definition) is 1. The fourth-order valence-corrected chi connectivity index (χ4v) is 8.34. The highest BCUT2D eigenvalue weighted by molar-refractivity contribution is 14.0. The van der Waals surface area contributed by atoms with Gasteiger partial charge in [-0.1, -0.05) is 89.9 Å². The molecule has 53 heavy (non-hydrogen) atoms. The van der Waals surface area contributed by atoms with Gasteiger partial charge in [0.15, 0.2) is 5.76 Å². The lowest BCUT2D eigenvalue weighted by Gasteiger charge is -2.31. The lowest BCUT2D eigenvalue weighted by atomic mass is 9.72. The van der Waals surface area contributed by atoms with E-state index in [2.05, 4.69) is 24.3 Å². The highest BCUT2D eigenvalue weighted by Crippen LogP contribution is 2.43. The molecule has 272 valence electrons. The summed E-state index contributed by atoms with van der Waals surface area (Å²) in [6.07, 6.45) is 9.32. The fourth-order valence-electron chi connectivity index (χ4n) is 8.08. The van der Waals surface area contributed by atoms with Gasteiger partial charge in [0.25, 0.3) is 0 Å². The lowest BCUT2D eigenvalue weighted by Crippen LogP contribution is -2.29. The van der Waals surface area contributed by atoms with Crippen LogP contribution in [0, 0.1) is 11.8 Å². The van der Waals surface area contributed by atoms with E-state index in [4.69, 9.17) is 27.9 Å². The molecule has 0 saturated heterocycles. The van der Waals surface area contributed by atoms with Crippen LogP contribution in [0.2, 0.25) is 10.0 Å². The third kappa shape index (κ3) is 8.37. The third-order valence-corrected chi connectivity index (χ3v) is 11.4. The molecule has 0 spiro atoms. The molecular weight excluding hydrogens is 822 g/mol. The Kier molecular flexibility index (Phi) is 12.4. The van der Waals surface area contributed by atoms with E-state index in [-0.39, 0.29) is 53.1 Å². The number of hydrogen-bond acceptors (Lipinski definition) is 6. The van der Waals surface area contributed by atoms with Crippen molar-refractivity contribution in [3.63, 3.8) is 0 Å². The number of halogens is 3. The first-order chi connectivity index (χ1) is 25.2. The predicted octanol–water partition coefficient (Wildman–Crippen LogP) is 11.5.